The largest absolute Gasteiger partial charge is 0.497 e. The summed E-state index contributed by atoms with van der Waals surface area (Å²) in [6.45, 7) is 0. The van der Waals surface area contributed by atoms with Gasteiger partial charge in [-0.05, 0) is 23.8 Å². The smallest absolute Gasteiger partial charge is 0.350 e. The minimum Gasteiger partial charge on any atom is -0.497 e. The summed E-state index contributed by atoms with van der Waals surface area (Å²) in [6.07, 6.45) is 0.377. The van der Waals surface area contributed by atoms with Crippen LogP contribution in [0.2, 0.25) is 0 Å². The second kappa shape index (κ2) is 3.14. The van der Waals surface area contributed by atoms with E-state index in [9.17, 15) is 4.79 Å². The number of aliphatic imine (C=N–C) groups is 1. The molecule has 0 fully saturated rings. The molecule has 14 heavy (non-hydrogen) atoms. The van der Waals surface area contributed by atoms with Crippen molar-refractivity contribution in [2.75, 3.05) is 7.11 Å². The average Bonchev–Trinajstić information content (AvgIpc) is 2.59. The van der Waals surface area contributed by atoms with Crippen molar-refractivity contribution in [3.05, 3.63) is 23.8 Å². The number of hydrogen-bond acceptors (Lipinski definition) is 3. The first-order valence-corrected chi connectivity index (χ1v) is 4.18. The standard InChI is InChI=1S/C10H9NO3/c1-14-7-2-3-8-6(4-7)5-9(11-8)10(12)13/h2-4H,5H2,1H3,(H,12,13). The van der Waals surface area contributed by atoms with Gasteiger partial charge in [0.25, 0.3) is 0 Å². The SMILES string of the molecule is COc1ccc2c(c1)CC(C(=O)O)=N2. The summed E-state index contributed by atoms with van der Waals surface area (Å²) in [7, 11) is 1.58. The van der Waals surface area contributed by atoms with Crippen molar-refractivity contribution >= 4 is 17.4 Å². The maximum atomic E-state index is 10.7. The number of methoxy groups -OCH3 is 1. The van der Waals surface area contributed by atoms with Gasteiger partial charge in [-0.15, -0.1) is 0 Å². The fraction of sp³-hybridized carbons (Fsp3) is 0.200. The zero-order valence-corrected chi connectivity index (χ0v) is 7.65. The summed E-state index contributed by atoms with van der Waals surface area (Å²) in [5.74, 6) is -0.231. The summed E-state index contributed by atoms with van der Waals surface area (Å²) in [5.41, 5.74) is 1.82. The Morgan fingerprint density at radius 2 is 2.36 bits per heavy atom. The Morgan fingerprint density at radius 1 is 1.57 bits per heavy atom. The third kappa shape index (κ3) is 1.35. The van der Waals surface area contributed by atoms with Crippen LogP contribution in [0.4, 0.5) is 5.69 Å². The van der Waals surface area contributed by atoms with Crippen molar-refractivity contribution in [2.24, 2.45) is 4.99 Å². The first kappa shape index (κ1) is 8.74. The Balaban J connectivity index is 2.35. The Hall–Kier alpha value is -1.84. The number of hydrogen-bond donors (Lipinski definition) is 1. The molecule has 0 atom stereocenters. The minimum absolute atomic E-state index is 0.188. The highest BCUT2D eigenvalue weighted by molar-refractivity contribution is 6.37. The molecule has 4 nitrogen and oxygen atoms in total. The lowest BCUT2D eigenvalue weighted by atomic mass is 10.1. The van der Waals surface area contributed by atoms with Gasteiger partial charge in [0.15, 0.2) is 0 Å². The molecule has 0 aliphatic carbocycles. The third-order valence-electron chi connectivity index (χ3n) is 2.15. The topological polar surface area (TPSA) is 58.9 Å². The number of carboxylic acid groups (broad SMARTS) is 1. The lowest BCUT2D eigenvalue weighted by Crippen LogP contribution is -2.11. The van der Waals surface area contributed by atoms with Crippen LogP contribution in [0.15, 0.2) is 23.2 Å². The van der Waals surface area contributed by atoms with Crippen LogP contribution in [0.5, 0.6) is 5.75 Å². The molecule has 1 aliphatic rings. The second-order valence-electron chi connectivity index (χ2n) is 3.04. The fourth-order valence-corrected chi connectivity index (χ4v) is 1.43. The van der Waals surface area contributed by atoms with E-state index in [2.05, 4.69) is 4.99 Å². The van der Waals surface area contributed by atoms with E-state index in [1.807, 2.05) is 6.07 Å². The molecule has 1 aromatic carbocycles. The molecule has 1 aliphatic heterocycles. The van der Waals surface area contributed by atoms with Gasteiger partial charge in [0, 0.05) is 6.42 Å². The van der Waals surface area contributed by atoms with Crippen molar-refractivity contribution < 1.29 is 14.6 Å². The van der Waals surface area contributed by atoms with Gasteiger partial charge < -0.3 is 9.84 Å². The van der Waals surface area contributed by atoms with E-state index >= 15 is 0 Å². The number of ether oxygens (including phenoxy) is 1. The van der Waals surface area contributed by atoms with Crippen LogP contribution < -0.4 is 4.74 Å². The number of carboxylic acids is 1. The fourth-order valence-electron chi connectivity index (χ4n) is 1.43. The highest BCUT2D eigenvalue weighted by atomic mass is 16.5. The number of carbonyl (C=O) groups is 1. The van der Waals surface area contributed by atoms with E-state index in [-0.39, 0.29) is 5.71 Å². The molecule has 0 unspecified atom stereocenters. The monoisotopic (exact) mass is 191 g/mol. The summed E-state index contributed by atoms with van der Waals surface area (Å²) >= 11 is 0. The molecule has 1 N–H and O–H groups in total. The van der Waals surface area contributed by atoms with Gasteiger partial charge in [0.1, 0.15) is 11.5 Å². The molecule has 0 aromatic heterocycles. The molecule has 1 heterocycles. The van der Waals surface area contributed by atoms with Crippen LogP contribution >= 0.6 is 0 Å². The van der Waals surface area contributed by atoms with Gasteiger partial charge in [0.2, 0.25) is 0 Å². The molecule has 0 bridgehead atoms. The van der Waals surface area contributed by atoms with Crippen LogP contribution in [0.3, 0.4) is 0 Å². The van der Waals surface area contributed by atoms with Crippen LogP contribution in [0.25, 0.3) is 0 Å². The molecule has 72 valence electrons. The summed E-state index contributed by atoms with van der Waals surface area (Å²) in [4.78, 5) is 14.7. The van der Waals surface area contributed by atoms with Gasteiger partial charge in [-0.1, -0.05) is 0 Å². The lowest BCUT2D eigenvalue weighted by molar-refractivity contribution is -0.129. The van der Waals surface area contributed by atoms with E-state index in [1.165, 1.54) is 0 Å². The Labute approximate surface area is 80.8 Å². The van der Waals surface area contributed by atoms with Crippen LogP contribution in [-0.4, -0.2) is 23.9 Å². The number of rotatable bonds is 2. The summed E-state index contributed by atoms with van der Waals surface area (Å²) in [5, 5.41) is 8.75. The molecule has 0 saturated carbocycles. The zero-order valence-electron chi connectivity index (χ0n) is 7.65. The predicted octanol–water partition coefficient (Wildman–Crippen LogP) is 1.41. The maximum Gasteiger partial charge on any atom is 0.350 e. The highest BCUT2D eigenvalue weighted by Crippen LogP contribution is 2.29. The Bertz CT molecular complexity index is 423. The van der Waals surface area contributed by atoms with Crippen LogP contribution in [0, 0.1) is 0 Å². The Morgan fingerprint density at radius 3 is 3.00 bits per heavy atom. The first-order valence-electron chi connectivity index (χ1n) is 4.18. The molecule has 1 aromatic rings. The number of fused-ring (bicyclic) bond motifs is 1. The van der Waals surface area contributed by atoms with E-state index < -0.39 is 5.97 Å². The van der Waals surface area contributed by atoms with E-state index in [4.69, 9.17) is 9.84 Å². The quantitative estimate of drug-likeness (QED) is 0.768. The van der Waals surface area contributed by atoms with Gasteiger partial charge >= 0.3 is 5.97 Å². The number of nitrogens with zero attached hydrogens (tertiary/aromatic N) is 1. The molecule has 0 amide bonds. The molecule has 0 spiro atoms. The van der Waals surface area contributed by atoms with Gasteiger partial charge in [-0.3, -0.25) is 0 Å². The third-order valence-corrected chi connectivity index (χ3v) is 2.15. The Kier molecular flexibility index (Phi) is 1.96. The number of benzene rings is 1. The molecule has 0 saturated heterocycles. The van der Waals surface area contributed by atoms with Crippen LogP contribution in [-0.2, 0) is 11.2 Å². The highest BCUT2D eigenvalue weighted by Gasteiger charge is 2.19. The van der Waals surface area contributed by atoms with Crippen LogP contribution in [0.1, 0.15) is 5.56 Å². The van der Waals surface area contributed by atoms with Crippen molar-refractivity contribution in [2.45, 2.75) is 6.42 Å². The maximum absolute atomic E-state index is 10.7. The summed E-state index contributed by atoms with van der Waals surface area (Å²) in [6, 6.07) is 5.35. The van der Waals surface area contributed by atoms with Crippen molar-refractivity contribution in [1.82, 2.24) is 0 Å². The van der Waals surface area contributed by atoms with E-state index in [1.54, 1.807) is 19.2 Å². The predicted molar refractivity (Wildman–Crippen MR) is 51.4 cm³/mol. The second-order valence-corrected chi connectivity index (χ2v) is 3.04. The van der Waals surface area contributed by atoms with E-state index in [0.29, 0.717) is 6.42 Å². The van der Waals surface area contributed by atoms with Gasteiger partial charge in [-0.2, -0.15) is 0 Å². The number of aliphatic carboxylic acids is 1. The van der Waals surface area contributed by atoms with Crippen molar-refractivity contribution in [1.29, 1.82) is 0 Å². The summed E-state index contributed by atoms with van der Waals surface area (Å²) < 4.78 is 5.04. The van der Waals surface area contributed by atoms with Gasteiger partial charge in [0.05, 0.1) is 12.8 Å². The minimum atomic E-state index is -0.958. The molecular weight excluding hydrogens is 182 g/mol. The average molecular weight is 191 g/mol. The molecule has 0 radical (unpaired) electrons. The molecule has 4 heteroatoms. The van der Waals surface area contributed by atoms with Crippen molar-refractivity contribution in [3.63, 3.8) is 0 Å². The van der Waals surface area contributed by atoms with E-state index in [0.717, 1.165) is 17.0 Å². The molecule has 2 rings (SSSR count). The molecular formula is C10H9NO3. The zero-order chi connectivity index (χ0) is 10.1. The van der Waals surface area contributed by atoms with Gasteiger partial charge in [-0.25, -0.2) is 9.79 Å². The van der Waals surface area contributed by atoms with Crippen molar-refractivity contribution in [3.8, 4) is 5.75 Å². The first-order chi connectivity index (χ1) is 6.70. The normalized spacial score (nSPS) is 13.4. The lowest BCUT2D eigenvalue weighted by Gasteiger charge is -2.01.